The Morgan fingerprint density at radius 3 is 2.02 bits per heavy atom. The van der Waals surface area contributed by atoms with Crippen molar-refractivity contribution in [3.05, 3.63) is 145 Å². The van der Waals surface area contributed by atoms with Crippen LogP contribution in [0.2, 0.25) is 0 Å². The first-order chi connectivity index (χ1) is 20.1. The molecule has 0 unspecified atom stereocenters. The Morgan fingerprint density at radius 2 is 1.17 bits per heavy atom. The van der Waals surface area contributed by atoms with Gasteiger partial charge in [-0.1, -0.05) is 141 Å². The molecule has 0 radical (unpaired) electrons. The zero-order chi connectivity index (χ0) is 27.6. The molecular weight excluding hydrogens is 496 g/mol. The second kappa shape index (κ2) is 8.97. The largest absolute Gasteiger partial charge is 0.228 e. The maximum Gasteiger partial charge on any atom is 0.160 e. The molecule has 0 fully saturated rings. The SMILES string of the molecule is CC1(C)c2ccccc2-c2ccc3cccc(-c4nc(-c5ccc(-c6ccccc6)cc5)nc5ccccc45)c3c21. The van der Waals surface area contributed by atoms with Gasteiger partial charge in [-0.2, -0.15) is 0 Å². The highest BCUT2D eigenvalue weighted by Gasteiger charge is 2.37. The van der Waals surface area contributed by atoms with Crippen LogP contribution in [-0.4, -0.2) is 9.97 Å². The topological polar surface area (TPSA) is 25.8 Å². The lowest BCUT2D eigenvalue weighted by molar-refractivity contribution is 0.666. The molecule has 194 valence electrons. The molecule has 0 atom stereocenters. The van der Waals surface area contributed by atoms with E-state index in [1.807, 2.05) is 6.07 Å². The van der Waals surface area contributed by atoms with E-state index in [-0.39, 0.29) is 5.41 Å². The Bertz CT molecular complexity index is 2110. The Hall–Kier alpha value is -5.08. The molecule has 8 rings (SSSR count). The molecule has 0 amide bonds. The van der Waals surface area contributed by atoms with Gasteiger partial charge in [0.15, 0.2) is 5.82 Å². The third kappa shape index (κ3) is 3.64. The van der Waals surface area contributed by atoms with Gasteiger partial charge < -0.3 is 0 Å². The molecule has 0 bridgehead atoms. The van der Waals surface area contributed by atoms with Crippen LogP contribution in [0, 0.1) is 0 Å². The molecule has 0 spiro atoms. The lowest BCUT2D eigenvalue weighted by Gasteiger charge is -2.24. The number of benzene rings is 6. The highest BCUT2D eigenvalue weighted by Crippen LogP contribution is 2.53. The van der Waals surface area contributed by atoms with Crippen LogP contribution >= 0.6 is 0 Å². The second-order valence-electron chi connectivity index (χ2n) is 11.4. The van der Waals surface area contributed by atoms with Crippen LogP contribution in [0.5, 0.6) is 0 Å². The van der Waals surface area contributed by atoms with Crippen LogP contribution in [0.1, 0.15) is 25.0 Å². The first-order valence-electron chi connectivity index (χ1n) is 14.2. The normalized spacial score (nSPS) is 13.3. The third-order valence-electron chi connectivity index (χ3n) is 8.67. The summed E-state index contributed by atoms with van der Waals surface area (Å²) >= 11 is 0. The molecule has 7 aromatic rings. The van der Waals surface area contributed by atoms with E-state index in [1.54, 1.807) is 0 Å². The van der Waals surface area contributed by atoms with Gasteiger partial charge in [0.05, 0.1) is 11.2 Å². The Kier molecular flexibility index (Phi) is 5.20. The fraction of sp³-hybridized carbons (Fsp3) is 0.0769. The minimum Gasteiger partial charge on any atom is -0.228 e. The summed E-state index contributed by atoms with van der Waals surface area (Å²) in [6.07, 6.45) is 0. The Balaban J connectivity index is 1.37. The Morgan fingerprint density at radius 1 is 0.488 bits per heavy atom. The number of aromatic nitrogens is 2. The summed E-state index contributed by atoms with van der Waals surface area (Å²) in [6, 6.07) is 47.5. The van der Waals surface area contributed by atoms with E-state index >= 15 is 0 Å². The van der Waals surface area contributed by atoms with E-state index in [0.717, 1.165) is 33.5 Å². The summed E-state index contributed by atoms with van der Waals surface area (Å²) in [5.74, 6) is 0.741. The standard InChI is InChI=1S/C39H28N2/c1-39(2)33-17-8-6-14-29(33)30-24-23-27-13-10-16-32(35(27)36(30)39)37-31-15-7-9-18-34(31)40-38(41-37)28-21-19-26(20-22-28)25-11-4-3-5-12-25/h3-24H,1-2H3. The van der Waals surface area contributed by atoms with Gasteiger partial charge in [-0.15, -0.1) is 0 Å². The van der Waals surface area contributed by atoms with Crippen molar-refractivity contribution in [2.24, 2.45) is 0 Å². The number of nitrogens with zero attached hydrogens (tertiary/aromatic N) is 2. The van der Waals surface area contributed by atoms with Crippen molar-refractivity contribution in [2.45, 2.75) is 19.3 Å². The van der Waals surface area contributed by atoms with E-state index in [9.17, 15) is 0 Å². The van der Waals surface area contributed by atoms with Crippen LogP contribution in [0.3, 0.4) is 0 Å². The minimum atomic E-state index is -0.125. The maximum absolute atomic E-state index is 5.31. The predicted molar refractivity (Wildman–Crippen MR) is 171 cm³/mol. The number of rotatable bonds is 3. The molecule has 0 aliphatic heterocycles. The summed E-state index contributed by atoms with van der Waals surface area (Å²) in [4.78, 5) is 10.3. The zero-order valence-corrected chi connectivity index (χ0v) is 23.1. The molecule has 1 heterocycles. The van der Waals surface area contributed by atoms with Crippen molar-refractivity contribution in [1.82, 2.24) is 9.97 Å². The molecule has 0 N–H and O–H groups in total. The van der Waals surface area contributed by atoms with Crippen molar-refractivity contribution >= 4 is 21.7 Å². The number of hydrogen-bond donors (Lipinski definition) is 0. The van der Waals surface area contributed by atoms with Gasteiger partial charge in [0, 0.05) is 21.9 Å². The fourth-order valence-corrected chi connectivity index (χ4v) is 6.70. The number of fused-ring (bicyclic) bond motifs is 6. The molecule has 0 saturated carbocycles. The van der Waals surface area contributed by atoms with Gasteiger partial charge in [0.25, 0.3) is 0 Å². The van der Waals surface area contributed by atoms with Crippen LogP contribution < -0.4 is 0 Å². The van der Waals surface area contributed by atoms with Gasteiger partial charge in [-0.25, -0.2) is 9.97 Å². The van der Waals surface area contributed by atoms with Gasteiger partial charge in [0.1, 0.15) is 0 Å². The van der Waals surface area contributed by atoms with Gasteiger partial charge >= 0.3 is 0 Å². The molecule has 6 aromatic carbocycles. The quantitative estimate of drug-likeness (QED) is 0.230. The van der Waals surface area contributed by atoms with Gasteiger partial charge in [-0.3, -0.25) is 0 Å². The van der Waals surface area contributed by atoms with Crippen molar-refractivity contribution in [1.29, 1.82) is 0 Å². The van der Waals surface area contributed by atoms with E-state index < -0.39 is 0 Å². The van der Waals surface area contributed by atoms with Crippen molar-refractivity contribution in [3.63, 3.8) is 0 Å². The monoisotopic (exact) mass is 524 g/mol. The molecule has 1 aliphatic rings. The summed E-state index contributed by atoms with van der Waals surface area (Å²) in [6.45, 7) is 4.71. The molecule has 1 aliphatic carbocycles. The minimum absolute atomic E-state index is 0.125. The number of hydrogen-bond acceptors (Lipinski definition) is 2. The average Bonchev–Trinajstić information content (AvgIpc) is 3.27. The maximum atomic E-state index is 5.31. The molecule has 2 heteroatoms. The fourth-order valence-electron chi connectivity index (χ4n) is 6.70. The highest BCUT2D eigenvalue weighted by atomic mass is 14.9. The summed E-state index contributed by atoms with van der Waals surface area (Å²) in [7, 11) is 0. The summed E-state index contributed by atoms with van der Waals surface area (Å²) < 4.78 is 0. The third-order valence-corrected chi connectivity index (χ3v) is 8.67. The lowest BCUT2D eigenvalue weighted by Crippen LogP contribution is -2.15. The molecule has 41 heavy (non-hydrogen) atoms. The van der Waals surface area contributed by atoms with Crippen molar-refractivity contribution in [2.75, 3.05) is 0 Å². The van der Waals surface area contributed by atoms with E-state index in [1.165, 1.54) is 44.2 Å². The first kappa shape index (κ1) is 23.8. The lowest BCUT2D eigenvalue weighted by atomic mass is 9.79. The summed E-state index contributed by atoms with van der Waals surface area (Å²) in [5.41, 5.74) is 11.8. The van der Waals surface area contributed by atoms with E-state index in [0.29, 0.717) is 0 Å². The van der Waals surface area contributed by atoms with Crippen LogP contribution in [0.15, 0.2) is 133 Å². The molecule has 2 nitrogen and oxygen atoms in total. The number of para-hydroxylation sites is 1. The van der Waals surface area contributed by atoms with Crippen LogP contribution in [0.4, 0.5) is 0 Å². The molecular formula is C39H28N2. The van der Waals surface area contributed by atoms with Crippen LogP contribution in [0.25, 0.3) is 66.6 Å². The first-order valence-corrected chi connectivity index (χ1v) is 14.2. The van der Waals surface area contributed by atoms with E-state index in [4.69, 9.17) is 9.97 Å². The Labute approximate surface area is 240 Å². The average molecular weight is 525 g/mol. The van der Waals surface area contributed by atoms with Gasteiger partial charge in [-0.05, 0) is 50.2 Å². The predicted octanol–water partition coefficient (Wildman–Crippen LogP) is 10.1. The molecule has 0 saturated heterocycles. The van der Waals surface area contributed by atoms with Crippen LogP contribution in [-0.2, 0) is 5.41 Å². The molecule has 1 aromatic heterocycles. The van der Waals surface area contributed by atoms with E-state index in [2.05, 4.69) is 141 Å². The highest BCUT2D eigenvalue weighted by molar-refractivity contribution is 6.08. The van der Waals surface area contributed by atoms with Crippen molar-refractivity contribution < 1.29 is 0 Å². The smallest absolute Gasteiger partial charge is 0.160 e. The zero-order valence-electron chi connectivity index (χ0n) is 23.1. The second-order valence-corrected chi connectivity index (χ2v) is 11.4. The van der Waals surface area contributed by atoms with Crippen molar-refractivity contribution in [3.8, 4) is 44.9 Å². The summed E-state index contributed by atoms with van der Waals surface area (Å²) in [5, 5.41) is 3.58. The van der Waals surface area contributed by atoms with Gasteiger partial charge in [0.2, 0.25) is 0 Å².